The van der Waals surface area contributed by atoms with Crippen LogP contribution in [0, 0.1) is 0 Å². The first-order chi connectivity index (χ1) is 20.9. The zero-order chi connectivity index (χ0) is 29.8. The lowest BCUT2D eigenvalue weighted by atomic mass is 10.00. The molecule has 2 aliphatic rings. The molecule has 43 heavy (non-hydrogen) atoms. The first-order valence-electron chi connectivity index (χ1n) is 15.1. The molecule has 0 radical (unpaired) electrons. The Kier molecular flexibility index (Phi) is 9.15. The third-order valence-corrected chi connectivity index (χ3v) is 8.53. The van der Waals surface area contributed by atoms with E-state index in [9.17, 15) is 0 Å². The van der Waals surface area contributed by atoms with Crippen LogP contribution in [-0.2, 0) is 11.3 Å². The van der Waals surface area contributed by atoms with Gasteiger partial charge >= 0.3 is 0 Å². The molecular formula is C30H39ClN10O2. The maximum Gasteiger partial charge on any atom is 0.227 e. The number of hydrogen-bond acceptors (Lipinski definition) is 10. The first kappa shape index (κ1) is 29.5. The molecule has 1 aromatic carbocycles. The number of rotatable bonds is 10. The van der Waals surface area contributed by atoms with Gasteiger partial charge in [0.05, 0.1) is 29.0 Å². The van der Waals surface area contributed by atoms with Gasteiger partial charge in [-0.2, -0.15) is 5.10 Å². The molecule has 2 aliphatic heterocycles. The molecule has 1 N–H and O–H groups in total. The Morgan fingerprint density at radius 1 is 1.02 bits per heavy atom. The number of halogens is 1. The summed E-state index contributed by atoms with van der Waals surface area (Å²) < 4.78 is 15.4. The van der Waals surface area contributed by atoms with Crippen LogP contribution in [0.25, 0.3) is 11.1 Å². The predicted octanol–water partition coefficient (Wildman–Crippen LogP) is 5.13. The molecule has 5 heterocycles. The quantitative estimate of drug-likeness (QED) is 0.260. The Balaban J connectivity index is 1.11. The van der Waals surface area contributed by atoms with Gasteiger partial charge in [0.2, 0.25) is 5.95 Å². The topological polar surface area (TPSA) is 121 Å². The molecule has 228 valence electrons. The molecule has 13 heteroatoms. The fourth-order valence-electron chi connectivity index (χ4n) is 5.90. The van der Waals surface area contributed by atoms with Gasteiger partial charge in [-0.1, -0.05) is 31.5 Å². The number of piperidine rings is 1. The molecule has 2 saturated heterocycles. The van der Waals surface area contributed by atoms with Crippen LogP contribution in [0.2, 0.25) is 5.02 Å². The summed E-state index contributed by atoms with van der Waals surface area (Å²) in [6.45, 7) is 10.8. The molecule has 12 nitrogen and oxygen atoms in total. The van der Waals surface area contributed by atoms with Crippen LogP contribution in [0.4, 0.5) is 11.6 Å². The van der Waals surface area contributed by atoms with Crippen molar-refractivity contribution in [3.8, 4) is 16.9 Å². The average Bonchev–Trinajstić information content (AvgIpc) is 3.70. The number of benzene rings is 1. The standard InChI is InChI=1S/C30H39ClN10O2/c1-20(2)29-27(18-41(36-29)25-6-10-39(11-7-25)24-8-12-42-13-9-24)35-30-32-15-23(16-33-30)22-4-5-26(31)28(14-22)43-21(3)17-40-19-34-37-38-40/h4-5,14-16,18-21,24-25H,6-13,17H2,1-3H3,(H,32,33,35)/t21-/m0/s1. The van der Waals surface area contributed by atoms with Gasteiger partial charge in [0.25, 0.3) is 0 Å². The van der Waals surface area contributed by atoms with E-state index in [1.54, 1.807) is 23.4 Å². The molecule has 0 bridgehead atoms. The molecule has 6 rings (SSSR count). The van der Waals surface area contributed by atoms with Crippen LogP contribution in [-0.4, -0.2) is 83.3 Å². The third-order valence-electron chi connectivity index (χ3n) is 8.21. The second kappa shape index (κ2) is 13.4. The molecule has 4 aromatic rings. The Morgan fingerprint density at radius 2 is 1.79 bits per heavy atom. The Labute approximate surface area is 256 Å². The summed E-state index contributed by atoms with van der Waals surface area (Å²) in [5, 5.41) is 20.2. The van der Waals surface area contributed by atoms with Crippen molar-refractivity contribution in [3.05, 3.63) is 53.8 Å². The number of nitrogens with one attached hydrogen (secondary N) is 1. The largest absolute Gasteiger partial charge is 0.487 e. The van der Waals surface area contributed by atoms with E-state index in [4.69, 9.17) is 26.2 Å². The SMILES string of the molecule is CC(C)c1nn(C2CCN(C3CCOCC3)CC2)cc1Nc1ncc(-c2ccc(Cl)c(O[C@@H](C)Cn3cnnn3)c2)cn1. The van der Waals surface area contributed by atoms with Crippen molar-refractivity contribution in [2.75, 3.05) is 31.6 Å². The highest BCUT2D eigenvalue weighted by molar-refractivity contribution is 6.32. The first-order valence-corrected chi connectivity index (χ1v) is 15.5. The van der Waals surface area contributed by atoms with Gasteiger partial charge in [-0.25, -0.2) is 14.6 Å². The molecule has 0 aliphatic carbocycles. The lowest BCUT2D eigenvalue weighted by Gasteiger charge is -2.39. The second-order valence-electron chi connectivity index (χ2n) is 11.7. The molecule has 3 aromatic heterocycles. The molecular weight excluding hydrogens is 568 g/mol. The number of ether oxygens (including phenoxy) is 2. The lowest BCUT2D eigenvalue weighted by molar-refractivity contribution is 0.0212. The summed E-state index contributed by atoms with van der Waals surface area (Å²) in [4.78, 5) is 11.9. The van der Waals surface area contributed by atoms with E-state index >= 15 is 0 Å². The Morgan fingerprint density at radius 3 is 2.49 bits per heavy atom. The predicted molar refractivity (Wildman–Crippen MR) is 164 cm³/mol. The van der Waals surface area contributed by atoms with Crippen LogP contribution < -0.4 is 10.1 Å². The van der Waals surface area contributed by atoms with Crippen LogP contribution in [0.3, 0.4) is 0 Å². The zero-order valence-corrected chi connectivity index (χ0v) is 25.7. The van der Waals surface area contributed by atoms with Gasteiger partial charge in [-0.3, -0.25) is 4.68 Å². The minimum Gasteiger partial charge on any atom is -0.487 e. The summed E-state index contributed by atoms with van der Waals surface area (Å²) in [6.07, 6.45) is 11.6. The van der Waals surface area contributed by atoms with Gasteiger partial charge in [0, 0.05) is 56.5 Å². The molecule has 0 spiro atoms. The number of nitrogens with zero attached hydrogens (tertiary/aromatic N) is 9. The molecule has 0 amide bonds. The van der Waals surface area contributed by atoms with Gasteiger partial charge in [0.1, 0.15) is 18.2 Å². The fraction of sp³-hybridized carbons (Fsp3) is 0.533. The highest BCUT2D eigenvalue weighted by Gasteiger charge is 2.28. The average molecular weight is 607 g/mol. The van der Waals surface area contributed by atoms with E-state index in [0.717, 1.165) is 74.5 Å². The smallest absolute Gasteiger partial charge is 0.227 e. The monoisotopic (exact) mass is 606 g/mol. The number of hydrogen-bond donors (Lipinski definition) is 1. The minimum atomic E-state index is -0.185. The summed E-state index contributed by atoms with van der Waals surface area (Å²) >= 11 is 6.44. The van der Waals surface area contributed by atoms with Crippen LogP contribution >= 0.6 is 11.6 Å². The van der Waals surface area contributed by atoms with Gasteiger partial charge in [-0.15, -0.1) is 5.10 Å². The van der Waals surface area contributed by atoms with E-state index in [1.807, 2.05) is 25.1 Å². The van der Waals surface area contributed by atoms with Gasteiger partial charge in [0.15, 0.2) is 0 Å². The minimum absolute atomic E-state index is 0.185. The Hall–Kier alpha value is -3.61. The highest BCUT2D eigenvalue weighted by Crippen LogP contribution is 2.33. The van der Waals surface area contributed by atoms with E-state index < -0.39 is 0 Å². The molecule has 2 fully saturated rings. The highest BCUT2D eigenvalue weighted by atomic mass is 35.5. The Bertz CT molecular complexity index is 1460. The van der Waals surface area contributed by atoms with E-state index in [0.29, 0.717) is 35.3 Å². The normalized spacial score (nSPS) is 17.8. The molecule has 1 atom stereocenters. The summed E-state index contributed by atoms with van der Waals surface area (Å²) in [5.74, 6) is 1.37. The maximum absolute atomic E-state index is 6.44. The number of anilines is 2. The van der Waals surface area contributed by atoms with Crippen molar-refractivity contribution in [2.24, 2.45) is 0 Å². The van der Waals surface area contributed by atoms with Crippen molar-refractivity contribution < 1.29 is 9.47 Å². The second-order valence-corrected chi connectivity index (χ2v) is 12.1. The van der Waals surface area contributed by atoms with E-state index in [-0.39, 0.29) is 12.0 Å². The third kappa shape index (κ3) is 7.14. The van der Waals surface area contributed by atoms with Crippen LogP contribution in [0.1, 0.15) is 64.1 Å². The lowest BCUT2D eigenvalue weighted by Crippen LogP contribution is -2.44. The fourth-order valence-corrected chi connectivity index (χ4v) is 6.06. The van der Waals surface area contributed by atoms with Crippen molar-refractivity contribution in [1.82, 2.24) is 44.9 Å². The molecule has 0 unspecified atom stereocenters. The van der Waals surface area contributed by atoms with Crippen LogP contribution in [0.5, 0.6) is 5.75 Å². The van der Waals surface area contributed by atoms with Crippen molar-refractivity contribution in [2.45, 2.75) is 77.1 Å². The maximum atomic E-state index is 6.44. The summed E-state index contributed by atoms with van der Waals surface area (Å²) in [5.41, 5.74) is 3.74. The van der Waals surface area contributed by atoms with Gasteiger partial charge < -0.3 is 19.7 Å². The van der Waals surface area contributed by atoms with Crippen molar-refractivity contribution in [3.63, 3.8) is 0 Å². The van der Waals surface area contributed by atoms with E-state index in [2.05, 4.69) is 60.4 Å². The number of likely N-dealkylation sites (tertiary alicyclic amines) is 1. The zero-order valence-electron chi connectivity index (χ0n) is 24.9. The van der Waals surface area contributed by atoms with Gasteiger partial charge in [-0.05, 0) is 66.6 Å². The summed E-state index contributed by atoms with van der Waals surface area (Å²) in [7, 11) is 0. The van der Waals surface area contributed by atoms with Crippen molar-refractivity contribution in [1.29, 1.82) is 0 Å². The molecule has 0 saturated carbocycles. The number of tetrazole rings is 1. The van der Waals surface area contributed by atoms with Crippen molar-refractivity contribution >= 4 is 23.2 Å². The summed E-state index contributed by atoms with van der Waals surface area (Å²) in [6, 6.07) is 6.71. The van der Waals surface area contributed by atoms with Crippen LogP contribution in [0.15, 0.2) is 43.1 Å². The van der Waals surface area contributed by atoms with E-state index in [1.165, 1.54) is 0 Å². The number of aromatic nitrogens is 8.